The van der Waals surface area contributed by atoms with Crippen LogP contribution in [0.25, 0.3) is 0 Å². The van der Waals surface area contributed by atoms with Crippen LogP contribution in [0.15, 0.2) is 11.8 Å². The Bertz CT molecular complexity index is 346. The van der Waals surface area contributed by atoms with Crippen molar-refractivity contribution in [2.75, 3.05) is 6.61 Å². The van der Waals surface area contributed by atoms with Gasteiger partial charge in [-0.25, -0.2) is 0 Å². The fourth-order valence-electron chi connectivity index (χ4n) is 2.59. The topological polar surface area (TPSA) is 52.6 Å². The summed E-state index contributed by atoms with van der Waals surface area (Å²) in [5.74, 6) is 0.626. The van der Waals surface area contributed by atoms with E-state index < -0.39 is 0 Å². The van der Waals surface area contributed by atoms with Crippen LogP contribution in [0.3, 0.4) is 0 Å². The van der Waals surface area contributed by atoms with Gasteiger partial charge in [0.2, 0.25) is 0 Å². The number of ether oxygens (including phenoxy) is 2. The predicted molar refractivity (Wildman–Crippen MR) is 67.5 cm³/mol. The molecule has 0 spiro atoms. The van der Waals surface area contributed by atoms with E-state index in [1.165, 1.54) is 20.1 Å². The number of hydrogen-bond acceptors (Lipinski definition) is 4. The molecule has 0 N–H and O–H groups in total. The molecule has 4 heteroatoms. The molecule has 0 radical (unpaired) electrons. The molecule has 18 heavy (non-hydrogen) atoms. The predicted octanol–water partition coefficient (Wildman–Crippen LogP) is 2.68. The number of rotatable bonds is 4. The maximum absolute atomic E-state index is 10.9. The van der Waals surface area contributed by atoms with Crippen LogP contribution in [0.2, 0.25) is 0 Å². The van der Waals surface area contributed by atoms with Gasteiger partial charge in [0.05, 0.1) is 12.9 Å². The second-order valence-electron chi connectivity index (χ2n) is 5.10. The lowest BCUT2D eigenvalue weighted by Gasteiger charge is -2.22. The van der Waals surface area contributed by atoms with Crippen LogP contribution in [-0.2, 0) is 19.1 Å². The highest BCUT2D eigenvalue weighted by atomic mass is 16.5. The standard InChI is InChI=1S/C14H22O4/c1-9-5-6-13(10(2)7-17-11(3)15)14(9)8-18-12(4)16/h7,9,13-14H,5-6,8H2,1-4H3/b10-7+/t9-,13-,14+/m0/s1. The summed E-state index contributed by atoms with van der Waals surface area (Å²) in [4.78, 5) is 21.7. The Morgan fingerprint density at radius 2 is 1.83 bits per heavy atom. The molecule has 1 aliphatic carbocycles. The Morgan fingerprint density at radius 1 is 1.17 bits per heavy atom. The van der Waals surface area contributed by atoms with Gasteiger partial charge in [-0.05, 0) is 37.2 Å². The van der Waals surface area contributed by atoms with Crippen LogP contribution in [0, 0.1) is 17.8 Å². The van der Waals surface area contributed by atoms with Crippen LogP contribution < -0.4 is 0 Å². The SMILES string of the molecule is CC(=O)O/C=C(\C)[C@@H]1CC[C@H](C)[C@H]1COC(C)=O. The number of carbonyl (C=O) groups excluding carboxylic acids is 2. The van der Waals surface area contributed by atoms with E-state index in [2.05, 4.69) is 6.92 Å². The largest absolute Gasteiger partial charge is 0.466 e. The van der Waals surface area contributed by atoms with Gasteiger partial charge in [0, 0.05) is 19.8 Å². The Kier molecular flexibility index (Phi) is 5.38. The van der Waals surface area contributed by atoms with E-state index in [1.807, 2.05) is 6.92 Å². The third-order valence-electron chi connectivity index (χ3n) is 3.66. The summed E-state index contributed by atoms with van der Waals surface area (Å²) in [6, 6.07) is 0. The second-order valence-corrected chi connectivity index (χ2v) is 5.10. The van der Waals surface area contributed by atoms with E-state index in [9.17, 15) is 9.59 Å². The van der Waals surface area contributed by atoms with Gasteiger partial charge in [0.1, 0.15) is 0 Å². The molecule has 1 rings (SSSR count). The maximum atomic E-state index is 10.9. The van der Waals surface area contributed by atoms with E-state index in [4.69, 9.17) is 9.47 Å². The molecule has 1 aliphatic rings. The zero-order valence-electron chi connectivity index (χ0n) is 11.6. The molecule has 1 fully saturated rings. The van der Waals surface area contributed by atoms with Crippen molar-refractivity contribution in [2.45, 2.75) is 40.5 Å². The highest BCUT2D eigenvalue weighted by Crippen LogP contribution is 2.41. The summed E-state index contributed by atoms with van der Waals surface area (Å²) in [5.41, 5.74) is 1.05. The number of hydrogen-bond donors (Lipinski definition) is 0. The lowest BCUT2D eigenvalue weighted by atomic mass is 9.87. The fourth-order valence-corrected chi connectivity index (χ4v) is 2.59. The molecular formula is C14H22O4. The van der Waals surface area contributed by atoms with Crippen molar-refractivity contribution in [2.24, 2.45) is 17.8 Å². The van der Waals surface area contributed by atoms with Crippen LogP contribution in [0.4, 0.5) is 0 Å². The summed E-state index contributed by atoms with van der Waals surface area (Å²) >= 11 is 0. The number of allylic oxidation sites excluding steroid dienone is 1. The zero-order valence-corrected chi connectivity index (χ0v) is 11.6. The molecule has 0 bridgehead atoms. The highest BCUT2D eigenvalue weighted by Gasteiger charge is 2.35. The van der Waals surface area contributed by atoms with Crippen molar-refractivity contribution in [3.8, 4) is 0 Å². The van der Waals surface area contributed by atoms with E-state index in [1.54, 1.807) is 0 Å². The zero-order chi connectivity index (χ0) is 13.7. The van der Waals surface area contributed by atoms with Crippen molar-refractivity contribution in [1.29, 1.82) is 0 Å². The Labute approximate surface area is 108 Å². The van der Waals surface area contributed by atoms with Crippen molar-refractivity contribution < 1.29 is 19.1 Å². The van der Waals surface area contributed by atoms with E-state index >= 15 is 0 Å². The molecule has 0 aromatic rings. The number of carbonyl (C=O) groups is 2. The molecule has 102 valence electrons. The van der Waals surface area contributed by atoms with Gasteiger partial charge in [0.15, 0.2) is 0 Å². The van der Waals surface area contributed by atoms with Gasteiger partial charge >= 0.3 is 11.9 Å². The molecule has 1 saturated carbocycles. The normalized spacial score (nSPS) is 28.0. The molecule has 0 unspecified atom stereocenters. The fraction of sp³-hybridized carbons (Fsp3) is 0.714. The first-order valence-electron chi connectivity index (χ1n) is 6.39. The lowest BCUT2D eigenvalue weighted by molar-refractivity contribution is -0.143. The minimum absolute atomic E-state index is 0.241. The van der Waals surface area contributed by atoms with Crippen molar-refractivity contribution in [3.05, 3.63) is 11.8 Å². The Hall–Kier alpha value is -1.32. The summed E-state index contributed by atoms with van der Waals surface area (Å²) in [7, 11) is 0. The summed E-state index contributed by atoms with van der Waals surface area (Å²) in [5, 5.41) is 0. The third kappa shape index (κ3) is 4.17. The van der Waals surface area contributed by atoms with Gasteiger partial charge < -0.3 is 9.47 Å². The molecule has 0 saturated heterocycles. The summed E-state index contributed by atoms with van der Waals surface area (Å²) in [6.07, 6.45) is 3.70. The molecule has 0 heterocycles. The van der Waals surface area contributed by atoms with Gasteiger partial charge in [-0.3, -0.25) is 9.59 Å². The highest BCUT2D eigenvalue weighted by molar-refractivity contribution is 5.66. The molecule has 0 aromatic carbocycles. The van der Waals surface area contributed by atoms with Gasteiger partial charge in [-0.15, -0.1) is 0 Å². The van der Waals surface area contributed by atoms with E-state index in [-0.39, 0.29) is 11.9 Å². The average Bonchev–Trinajstić information content (AvgIpc) is 2.64. The molecule has 4 nitrogen and oxygen atoms in total. The Balaban J connectivity index is 2.64. The molecular weight excluding hydrogens is 232 g/mol. The average molecular weight is 254 g/mol. The smallest absolute Gasteiger partial charge is 0.307 e. The first-order chi connectivity index (χ1) is 8.41. The van der Waals surface area contributed by atoms with Gasteiger partial charge in [-0.1, -0.05) is 6.92 Å². The maximum Gasteiger partial charge on any atom is 0.307 e. The lowest BCUT2D eigenvalue weighted by Crippen LogP contribution is -2.22. The summed E-state index contributed by atoms with van der Waals surface area (Å²) < 4.78 is 10.0. The Morgan fingerprint density at radius 3 is 2.39 bits per heavy atom. The minimum atomic E-state index is -0.308. The minimum Gasteiger partial charge on any atom is -0.466 e. The monoisotopic (exact) mass is 254 g/mol. The van der Waals surface area contributed by atoms with Crippen LogP contribution >= 0.6 is 0 Å². The van der Waals surface area contributed by atoms with E-state index in [0.29, 0.717) is 24.4 Å². The molecule has 3 atom stereocenters. The van der Waals surface area contributed by atoms with Crippen molar-refractivity contribution in [1.82, 2.24) is 0 Å². The quantitative estimate of drug-likeness (QED) is 0.571. The number of esters is 2. The first kappa shape index (κ1) is 14.7. The van der Waals surface area contributed by atoms with E-state index in [0.717, 1.165) is 18.4 Å². The molecule has 0 aromatic heterocycles. The van der Waals surface area contributed by atoms with Crippen LogP contribution in [0.5, 0.6) is 0 Å². The third-order valence-corrected chi connectivity index (χ3v) is 3.66. The van der Waals surface area contributed by atoms with Gasteiger partial charge in [0.25, 0.3) is 0 Å². The van der Waals surface area contributed by atoms with Gasteiger partial charge in [-0.2, -0.15) is 0 Å². The second kappa shape index (κ2) is 6.57. The first-order valence-corrected chi connectivity index (χ1v) is 6.39. The summed E-state index contributed by atoms with van der Waals surface area (Å²) in [6.45, 7) is 7.40. The van der Waals surface area contributed by atoms with Crippen LogP contribution in [-0.4, -0.2) is 18.5 Å². The van der Waals surface area contributed by atoms with Crippen LogP contribution in [0.1, 0.15) is 40.5 Å². The van der Waals surface area contributed by atoms with Crippen molar-refractivity contribution in [3.63, 3.8) is 0 Å². The van der Waals surface area contributed by atoms with Crippen molar-refractivity contribution >= 4 is 11.9 Å². The molecule has 0 amide bonds. The molecule has 0 aliphatic heterocycles.